The molecule has 0 heterocycles. The van der Waals surface area contributed by atoms with E-state index in [-0.39, 0.29) is 6.04 Å². The zero-order valence-corrected chi connectivity index (χ0v) is 12.3. The van der Waals surface area contributed by atoms with Gasteiger partial charge in [0.15, 0.2) is 0 Å². The van der Waals surface area contributed by atoms with Crippen molar-refractivity contribution in [1.29, 1.82) is 0 Å². The van der Waals surface area contributed by atoms with Crippen molar-refractivity contribution in [1.82, 2.24) is 0 Å². The maximum atomic E-state index is 6.29. The van der Waals surface area contributed by atoms with Crippen LogP contribution >= 0.6 is 23.2 Å². The summed E-state index contributed by atoms with van der Waals surface area (Å²) < 4.78 is 5.19. The highest BCUT2D eigenvalue weighted by molar-refractivity contribution is 6.35. The zero-order valence-electron chi connectivity index (χ0n) is 10.8. The van der Waals surface area contributed by atoms with E-state index in [1.54, 1.807) is 19.2 Å². The Bertz CT molecular complexity index is 599. The van der Waals surface area contributed by atoms with Gasteiger partial charge in [-0.25, -0.2) is 0 Å². The lowest BCUT2D eigenvalue weighted by atomic mass is 9.95. The molecule has 0 aliphatic heterocycles. The molecule has 1 unspecified atom stereocenters. The summed E-state index contributed by atoms with van der Waals surface area (Å²) in [6.07, 6.45) is 0. The van der Waals surface area contributed by atoms with Gasteiger partial charge >= 0.3 is 0 Å². The molecule has 2 aromatic rings. The van der Waals surface area contributed by atoms with Crippen LogP contribution in [0.5, 0.6) is 5.75 Å². The van der Waals surface area contributed by atoms with E-state index in [1.807, 2.05) is 31.2 Å². The van der Waals surface area contributed by atoms with Crippen molar-refractivity contribution >= 4 is 23.2 Å². The van der Waals surface area contributed by atoms with E-state index >= 15 is 0 Å². The predicted octanol–water partition coefficient (Wildman–Crippen LogP) is 4.36. The molecule has 0 bridgehead atoms. The molecule has 0 aliphatic rings. The highest BCUT2D eigenvalue weighted by Crippen LogP contribution is 2.31. The van der Waals surface area contributed by atoms with Crippen LogP contribution in [0.4, 0.5) is 0 Å². The van der Waals surface area contributed by atoms with Gasteiger partial charge in [0, 0.05) is 10.0 Å². The van der Waals surface area contributed by atoms with Crippen molar-refractivity contribution in [3.63, 3.8) is 0 Å². The normalized spacial score (nSPS) is 12.3. The second kappa shape index (κ2) is 5.83. The minimum Gasteiger partial charge on any atom is -0.497 e. The summed E-state index contributed by atoms with van der Waals surface area (Å²) in [5.74, 6) is 0.815. The lowest BCUT2D eigenvalue weighted by Gasteiger charge is -2.17. The van der Waals surface area contributed by atoms with Crippen LogP contribution in [0.2, 0.25) is 10.0 Å². The smallest absolute Gasteiger partial charge is 0.119 e. The van der Waals surface area contributed by atoms with Crippen LogP contribution in [-0.2, 0) is 0 Å². The average molecular weight is 296 g/mol. The molecule has 0 aliphatic carbocycles. The summed E-state index contributed by atoms with van der Waals surface area (Å²) in [4.78, 5) is 0. The van der Waals surface area contributed by atoms with Crippen molar-refractivity contribution in [2.24, 2.45) is 5.73 Å². The van der Waals surface area contributed by atoms with Crippen molar-refractivity contribution in [2.75, 3.05) is 7.11 Å². The van der Waals surface area contributed by atoms with Gasteiger partial charge in [-0.1, -0.05) is 35.3 Å². The van der Waals surface area contributed by atoms with Gasteiger partial charge in [0.25, 0.3) is 0 Å². The molecule has 4 heteroatoms. The van der Waals surface area contributed by atoms with Gasteiger partial charge in [-0.15, -0.1) is 0 Å². The van der Waals surface area contributed by atoms with Crippen molar-refractivity contribution < 1.29 is 4.74 Å². The Morgan fingerprint density at radius 1 is 1.05 bits per heavy atom. The maximum absolute atomic E-state index is 6.29. The quantitative estimate of drug-likeness (QED) is 0.913. The monoisotopic (exact) mass is 295 g/mol. The molecule has 0 saturated heterocycles. The minimum absolute atomic E-state index is 0.282. The van der Waals surface area contributed by atoms with E-state index in [1.165, 1.54) is 0 Å². The number of aryl methyl sites for hydroxylation is 1. The number of halogens is 2. The molecule has 0 fully saturated rings. The lowest BCUT2D eigenvalue weighted by molar-refractivity contribution is 0.414. The highest BCUT2D eigenvalue weighted by atomic mass is 35.5. The number of nitrogens with two attached hydrogens (primary N) is 1. The first-order valence-electron chi connectivity index (χ1n) is 5.88. The van der Waals surface area contributed by atoms with Crippen LogP contribution in [0.15, 0.2) is 36.4 Å². The number of hydrogen-bond acceptors (Lipinski definition) is 2. The second-order valence-corrected chi connectivity index (χ2v) is 5.21. The van der Waals surface area contributed by atoms with Crippen LogP contribution in [0.3, 0.4) is 0 Å². The fraction of sp³-hybridized carbons (Fsp3) is 0.200. The molecule has 2 rings (SSSR count). The van der Waals surface area contributed by atoms with Crippen LogP contribution in [0.25, 0.3) is 0 Å². The standard InChI is InChI=1S/C15H15Cl2NO/c1-9-7-11(19-2)4-6-12(9)15(18)13-5-3-10(16)8-14(13)17/h3-8,15H,18H2,1-2H3. The fourth-order valence-electron chi connectivity index (χ4n) is 2.05. The summed E-state index contributed by atoms with van der Waals surface area (Å²) in [5.41, 5.74) is 9.24. The predicted molar refractivity (Wildman–Crippen MR) is 80.2 cm³/mol. The molecule has 0 aromatic heterocycles. The van der Waals surface area contributed by atoms with Gasteiger partial charge in [0.2, 0.25) is 0 Å². The average Bonchev–Trinajstić information content (AvgIpc) is 2.37. The van der Waals surface area contributed by atoms with E-state index in [4.69, 9.17) is 33.7 Å². The summed E-state index contributed by atoms with van der Waals surface area (Å²) in [6, 6.07) is 10.9. The fourth-order valence-corrected chi connectivity index (χ4v) is 2.57. The summed E-state index contributed by atoms with van der Waals surface area (Å²) in [7, 11) is 1.64. The number of benzene rings is 2. The van der Waals surface area contributed by atoms with E-state index < -0.39 is 0 Å². The van der Waals surface area contributed by atoms with Crippen molar-refractivity contribution in [3.8, 4) is 5.75 Å². The first kappa shape index (κ1) is 14.2. The first-order valence-corrected chi connectivity index (χ1v) is 6.63. The Morgan fingerprint density at radius 3 is 2.32 bits per heavy atom. The summed E-state index contributed by atoms with van der Waals surface area (Å²) >= 11 is 12.1. The van der Waals surface area contributed by atoms with Crippen molar-refractivity contribution in [3.05, 3.63) is 63.1 Å². The molecule has 0 saturated carbocycles. The number of hydrogen-bond donors (Lipinski definition) is 1. The van der Waals surface area contributed by atoms with Crippen LogP contribution < -0.4 is 10.5 Å². The molecule has 2 nitrogen and oxygen atoms in total. The third-order valence-electron chi connectivity index (χ3n) is 3.11. The van der Waals surface area contributed by atoms with E-state index in [0.717, 1.165) is 22.4 Å². The Kier molecular flexibility index (Phi) is 4.35. The van der Waals surface area contributed by atoms with E-state index in [9.17, 15) is 0 Å². The number of rotatable bonds is 3. The third-order valence-corrected chi connectivity index (χ3v) is 3.67. The van der Waals surface area contributed by atoms with Crippen molar-refractivity contribution in [2.45, 2.75) is 13.0 Å². The third kappa shape index (κ3) is 3.03. The van der Waals surface area contributed by atoms with Gasteiger partial charge in [-0.3, -0.25) is 0 Å². The largest absolute Gasteiger partial charge is 0.497 e. The molecule has 2 N–H and O–H groups in total. The Hall–Kier alpha value is -1.22. The van der Waals surface area contributed by atoms with Gasteiger partial charge in [-0.2, -0.15) is 0 Å². The molecule has 100 valence electrons. The maximum Gasteiger partial charge on any atom is 0.119 e. The Labute approximate surface area is 123 Å². The minimum atomic E-state index is -0.282. The molecule has 1 atom stereocenters. The van der Waals surface area contributed by atoms with Gasteiger partial charge in [0.05, 0.1) is 13.2 Å². The first-order chi connectivity index (χ1) is 9.02. The van der Waals surface area contributed by atoms with Gasteiger partial charge < -0.3 is 10.5 Å². The molecule has 19 heavy (non-hydrogen) atoms. The molecule has 0 spiro atoms. The van der Waals surface area contributed by atoms with Gasteiger partial charge in [0.1, 0.15) is 5.75 Å². The van der Waals surface area contributed by atoms with E-state index in [0.29, 0.717) is 10.0 Å². The Balaban J connectivity index is 2.41. The number of ether oxygens (including phenoxy) is 1. The zero-order chi connectivity index (χ0) is 14.0. The summed E-state index contributed by atoms with van der Waals surface area (Å²) in [6.45, 7) is 2.00. The molecule has 0 amide bonds. The van der Waals surface area contributed by atoms with Crippen LogP contribution in [0, 0.1) is 6.92 Å². The van der Waals surface area contributed by atoms with Crippen LogP contribution in [-0.4, -0.2) is 7.11 Å². The molecular weight excluding hydrogens is 281 g/mol. The van der Waals surface area contributed by atoms with Gasteiger partial charge in [-0.05, 0) is 47.9 Å². The molecule has 2 aromatic carbocycles. The highest BCUT2D eigenvalue weighted by Gasteiger charge is 2.15. The Morgan fingerprint density at radius 2 is 1.74 bits per heavy atom. The molecule has 0 radical (unpaired) electrons. The van der Waals surface area contributed by atoms with E-state index in [2.05, 4.69) is 0 Å². The topological polar surface area (TPSA) is 35.2 Å². The lowest BCUT2D eigenvalue weighted by Crippen LogP contribution is -2.13. The number of methoxy groups -OCH3 is 1. The second-order valence-electron chi connectivity index (χ2n) is 4.37. The van der Waals surface area contributed by atoms with Crippen LogP contribution in [0.1, 0.15) is 22.7 Å². The molecular formula is C15H15Cl2NO. The summed E-state index contributed by atoms with van der Waals surface area (Å²) in [5, 5.41) is 1.18. The SMILES string of the molecule is COc1ccc(C(N)c2ccc(Cl)cc2Cl)c(C)c1.